The Balaban J connectivity index is 1.17. The van der Waals surface area contributed by atoms with Crippen LogP contribution in [0.5, 0.6) is 0 Å². The monoisotopic (exact) mass is 664 g/mol. The summed E-state index contributed by atoms with van der Waals surface area (Å²) in [5.74, 6) is 0.0510. The van der Waals surface area contributed by atoms with Gasteiger partial charge in [-0.25, -0.2) is 47.8 Å². The summed E-state index contributed by atoms with van der Waals surface area (Å²) in [5, 5.41) is 0. The quantitative estimate of drug-likeness (QED) is 0.143. The third-order valence-electron chi connectivity index (χ3n) is 6.80. The average molecular weight is 664 g/mol. The number of rotatable bonds is 10. The Hall–Kier alpha value is -3.30. The van der Waals surface area contributed by atoms with Crippen LogP contribution in [0.4, 0.5) is 20.4 Å². The molecule has 24 heteroatoms. The molecule has 2 aliphatic rings. The summed E-state index contributed by atoms with van der Waals surface area (Å²) in [5.41, 5.74) is 12.1. The Bertz CT molecular complexity index is 1780. The van der Waals surface area contributed by atoms with Crippen molar-refractivity contribution in [2.75, 3.05) is 24.7 Å². The predicted octanol–water partition coefficient (Wildman–Crippen LogP) is 0.303. The number of nitrogens with zero attached hydrogens (tertiary/aromatic N) is 8. The van der Waals surface area contributed by atoms with Gasteiger partial charge in [-0.2, -0.15) is 0 Å². The fourth-order valence-corrected chi connectivity index (χ4v) is 6.15. The summed E-state index contributed by atoms with van der Waals surface area (Å²) in [4.78, 5) is 52.4. The molecule has 1 unspecified atom stereocenters. The number of aromatic nitrogens is 8. The Morgan fingerprint density at radius 2 is 1.45 bits per heavy atom. The second-order valence-electron chi connectivity index (χ2n) is 9.70. The Morgan fingerprint density at radius 1 is 0.864 bits per heavy atom. The van der Waals surface area contributed by atoms with Crippen LogP contribution in [0.1, 0.15) is 18.9 Å². The van der Waals surface area contributed by atoms with Gasteiger partial charge in [-0.1, -0.05) is 0 Å². The fourth-order valence-electron chi connectivity index (χ4n) is 4.86. The molecule has 20 nitrogen and oxygen atoms in total. The molecule has 6 rings (SSSR count). The van der Waals surface area contributed by atoms with Crippen molar-refractivity contribution in [2.45, 2.75) is 49.5 Å². The van der Waals surface area contributed by atoms with E-state index >= 15 is 4.39 Å². The predicted molar refractivity (Wildman–Crippen MR) is 140 cm³/mol. The highest BCUT2D eigenvalue weighted by molar-refractivity contribution is 7.47. The van der Waals surface area contributed by atoms with E-state index in [4.69, 9.17) is 39.8 Å². The first-order valence-corrected chi connectivity index (χ1v) is 15.6. The van der Waals surface area contributed by atoms with Gasteiger partial charge < -0.3 is 35.6 Å². The fraction of sp³-hybridized carbons (Fsp3) is 0.500. The minimum absolute atomic E-state index is 0.0285. The zero-order chi connectivity index (χ0) is 31.4. The van der Waals surface area contributed by atoms with E-state index in [1.165, 1.54) is 17.2 Å². The van der Waals surface area contributed by atoms with Gasteiger partial charge in [-0.05, 0) is 0 Å². The number of phosphoric ester groups is 2. The molecule has 0 aromatic carbocycles. The van der Waals surface area contributed by atoms with Crippen LogP contribution in [0.15, 0.2) is 25.3 Å². The van der Waals surface area contributed by atoms with Gasteiger partial charge in [0.1, 0.15) is 42.1 Å². The average Bonchev–Trinajstić information content (AvgIpc) is 3.72. The molecule has 2 fully saturated rings. The molecule has 0 radical (unpaired) electrons. The lowest BCUT2D eigenvalue weighted by atomic mass is 10.1. The standard InChI is InChI=1S/C20H24F2N10O10P2/c21-9-1-8(40-19(9)31-6-29-12-15(23)25-4-27-17(12)31)2-39-44(36,37)42-14-11(22)10(3-38-43(33,34)35)41-20(14)32-7-30-13-16(24)26-5-28-18(13)32/h4-11,14,19-20H,1-3H2,(H,36,37)(H2,23,25,27)(H2,24,26,28)(H2,33,34,35)/t8-,9+,10+,11-,14+,19+,20+/m0/s1. The van der Waals surface area contributed by atoms with Crippen molar-refractivity contribution in [2.24, 2.45) is 0 Å². The number of hydrogen-bond donors (Lipinski definition) is 5. The van der Waals surface area contributed by atoms with E-state index in [9.17, 15) is 18.4 Å². The Kier molecular flexibility index (Phi) is 8.07. The summed E-state index contributed by atoms with van der Waals surface area (Å²) in [7, 11) is -10.2. The Morgan fingerprint density at radius 3 is 2.05 bits per heavy atom. The van der Waals surface area contributed by atoms with E-state index < -0.39 is 72.0 Å². The lowest BCUT2D eigenvalue weighted by Gasteiger charge is -2.24. The van der Waals surface area contributed by atoms with Crippen LogP contribution in [0, 0.1) is 0 Å². The van der Waals surface area contributed by atoms with Crippen molar-refractivity contribution in [1.82, 2.24) is 39.0 Å². The van der Waals surface area contributed by atoms with Gasteiger partial charge in [0.2, 0.25) is 0 Å². The molecule has 4 aromatic rings. The topological polar surface area (TPSA) is 280 Å². The summed E-state index contributed by atoms with van der Waals surface area (Å²) in [6, 6.07) is 0. The van der Waals surface area contributed by atoms with Gasteiger partial charge in [-0.15, -0.1) is 0 Å². The van der Waals surface area contributed by atoms with E-state index in [1.54, 1.807) is 0 Å². The molecule has 44 heavy (non-hydrogen) atoms. The minimum Gasteiger partial charge on any atom is -0.382 e. The first kappa shape index (κ1) is 30.7. The third kappa shape index (κ3) is 6.01. The summed E-state index contributed by atoms with van der Waals surface area (Å²) in [6.07, 6.45) is -6.90. The van der Waals surface area contributed by atoms with Gasteiger partial charge in [0.15, 0.2) is 41.6 Å². The van der Waals surface area contributed by atoms with Crippen molar-refractivity contribution < 1.29 is 55.6 Å². The number of nitrogen functional groups attached to an aromatic ring is 2. The van der Waals surface area contributed by atoms with Gasteiger partial charge >= 0.3 is 15.6 Å². The molecular formula is C20H24F2N10O10P2. The van der Waals surface area contributed by atoms with Crippen LogP contribution in [0.3, 0.4) is 0 Å². The lowest BCUT2D eigenvalue weighted by molar-refractivity contribution is -0.0550. The number of anilines is 2. The largest absolute Gasteiger partial charge is 0.472 e. The zero-order valence-corrected chi connectivity index (χ0v) is 23.8. The molecule has 6 heterocycles. The lowest BCUT2D eigenvalue weighted by Crippen LogP contribution is -2.32. The molecule has 0 aliphatic carbocycles. The second kappa shape index (κ2) is 11.6. The maximum absolute atomic E-state index is 15.6. The smallest absolute Gasteiger partial charge is 0.382 e. The van der Waals surface area contributed by atoms with E-state index in [1.807, 2.05) is 0 Å². The van der Waals surface area contributed by atoms with E-state index in [2.05, 4.69) is 34.4 Å². The molecule has 2 saturated heterocycles. The number of fused-ring (bicyclic) bond motifs is 2. The van der Waals surface area contributed by atoms with Crippen LogP contribution >= 0.6 is 15.6 Å². The number of nitrogens with two attached hydrogens (primary N) is 2. The van der Waals surface area contributed by atoms with E-state index in [0.717, 1.165) is 17.2 Å². The molecule has 238 valence electrons. The van der Waals surface area contributed by atoms with Crippen LogP contribution in [-0.4, -0.2) is 97.6 Å². The minimum atomic E-state index is -5.13. The van der Waals surface area contributed by atoms with Gasteiger partial charge in [0.25, 0.3) is 0 Å². The van der Waals surface area contributed by atoms with Gasteiger partial charge in [0, 0.05) is 6.42 Å². The van der Waals surface area contributed by atoms with Crippen LogP contribution < -0.4 is 11.5 Å². The van der Waals surface area contributed by atoms with Crippen molar-refractivity contribution >= 4 is 49.6 Å². The van der Waals surface area contributed by atoms with Crippen LogP contribution in [0.2, 0.25) is 0 Å². The normalized spacial score (nSPS) is 29.1. The molecule has 4 aromatic heterocycles. The molecule has 2 aliphatic heterocycles. The van der Waals surface area contributed by atoms with E-state index in [-0.39, 0.29) is 40.4 Å². The van der Waals surface area contributed by atoms with E-state index in [0.29, 0.717) is 0 Å². The first-order chi connectivity index (χ1) is 20.8. The first-order valence-electron chi connectivity index (χ1n) is 12.6. The maximum atomic E-state index is 15.6. The number of hydrogen-bond acceptors (Lipinski definition) is 15. The number of phosphoric acid groups is 2. The molecule has 0 saturated carbocycles. The molecular weight excluding hydrogens is 640 g/mol. The van der Waals surface area contributed by atoms with Crippen molar-refractivity contribution in [3.8, 4) is 0 Å². The maximum Gasteiger partial charge on any atom is 0.472 e. The van der Waals surface area contributed by atoms with Crippen LogP contribution in [-0.2, 0) is 32.2 Å². The highest BCUT2D eigenvalue weighted by Crippen LogP contribution is 2.51. The molecule has 8 atom stereocenters. The molecule has 7 N–H and O–H groups in total. The number of imidazole rings is 2. The number of ether oxygens (including phenoxy) is 2. The highest BCUT2D eigenvalue weighted by Gasteiger charge is 2.51. The van der Waals surface area contributed by atoms with Gasteiger partial charge in [-0.3, -0.25) is 22.7 Å². The molecule has 0 spiro atoms. The summed E-state index contributed by atoms with van der Waals surface area (Å²) >= 11 is 0. The number of alkyl halides is 2. The van der Waals surface area contributed by atoms with Crippen molar-refractivity contribution in [1.29, 1.82) is 0 Å². The van der Waals surface area contributed by atoms with Crippen LogP contribution in [0.25, 0.3) is 22.3 Å². The molecule has 0 amide bonds. The third-order valence-corrected chi connectivity index (χ3v) is 8.27. The summed E-state index contributed by atoms with van der Waals surface area (Å²) in [6.45, 7) is -1.59. The second-order valence-corrected chi connectivity index (χ2v) is 12.3. The highest BCUT2D eigenvalue weighted by atomic mass is 31.2. The zero-order valence-electron chi connectivity index (χ0n) is 22.1. The Labute approximate surface area is 244 Å². The SMILES string of the molecule is Nc1ncnc2c1ncn2[C@@H]1O[C@H](COP(=O)(O)O)[C@H](F)[C@H]1OP(=O)(O)OC[C@@H]1C[C@@H](F)[C@H](n2cnc3c(N)ncnc32)O1. The molecule has 0 bridgehead atoms. The number of halogens is 2. The van der Waals surface area contributed by atoms with Gasteiger partial charge in [0.05, 0.1) is 32.0 Å². The van der Waals surface area contributed by atoms with Crippen molar-refractivity contribution in [3.05, 3.63) is 25.3 Å². The summed E-state index contributed by atoms with van der Waals surface area (Å²) < 4.78 is 83.0. The van der Waals surface area contributed by atoms with Crippen molar-refractivity contribution in [3.63, 3.8) is 0 Å².